The van der Waals surface area contributed by atoms with Crippen molar-refractivity contribution in [3.05, 3.63) is 71.8 Å². The maximum Gasteiger partial charge on any atom is 0.181 e. The smallest absolute Gasteiger partial charge is 0.181 e. The standard InChI is InChI=1S/C21H20Cl2O2/c22-19(20(25)16-11-5-2-6-12-16)18(15-9-3-1-4-10-15)21(23)14-8-7-13-17(21)24/h1-6,9-12,18-19H,7-8,13-14H2. The normalized spacial score (nSPS) is 23.0. The van der Waals surface area contributed by atoms with E-state index in [0.717, 1.165) is 18.4 Å². The van der Waals surface area contributed by atoms with Gasteiger partial charge in [-0.1, -0.05) is 67.1 Å². The molecule has 3 atom stereocenters. The molecule has 130 valence electrons. The molecule has 0 saturated heterocycles. The minimum atomic E-state index is -1.13. The van der Waals surface area contributed by atoms with E-state index >= 15 is 0 Å². The Bertz CT molecular complexity index is 745. The fraction of sp³-hybridized carbons (Fsp3) is 0.333. The van der Waals surface area contributed by atoms with Gasteiger partial charge in [-0.2, -0.15) is 0 Å². The van der Waals surface area contributed by atoms with Crippen molar-refractivity contribution in [2.45, 2.75) is 41.9 Å². The van der Waals surface area contributed by atoms with Crippen LogP contribution in [0, 0.1) is 0 Å². The molecule has 2 nitrogen and oxygen atoms in total. The van der Waals surface area contributed by atoms with E-state index in [1.54, 1.807) is 24.3 Å². The van der Waals surface area contributed by atoms with Gasteiger partial charge in [0.25, 0.3) is 0 Å². The van der Waals surface area contributed by atoms with Gasteiger partial charge in [-0.25, -0.2) is 0 Å². The molecule has 3 rings (SSSR count). The number of carbonyl (C=O) groups is 2. The summed E-state index contributed by atoms with van der Waals surface area (Å²) in [5.41, 5.74) is 1.36. The van der Waals surface area contributed by atoms with Crippen molar-refractivity contribution in [1.82, 2.24) is 0 Å². The van der Waals surface area contributed by atoms with Gasteiger partial charge in [-0.05, 0) is 18.4 Å². The number of benzene rings is 2. The Balaban J connectivity index is 2.02. The van der Waals surface area contributed by atoms with Crippen LogP contribution in [-0.4, -0.2) is 21.8 Å². The van der Waals surface area contributed by atoms with Gasteiger partial charge in [0.05, 0.1) is 0 Å². The van der Waals surface area contributed by atoms with E-state index in [2.05, 4.69) is 0 Å². The summed E-state index contributed by atoms with van der Waals surface area (Å²) in [4.78, 5) is 24.5. The molecule has 0 aromatic heterocycles. The van der Waals surface area contributed by atoms with Crippen LogP contribution in [0.1, 0.15) is 47.5 Å². The Morgan fingerprint density at radius 2 is 1.56 bits per heavy atom. The monoisotopic (exact) mass is 374 g/mol. The van der Waals surface area contributed by atoms with Crippen LogP contribution in [0.5, 0.6) is 0 Å². The summed E-state index contributed by atoms with van der Waals surface area (Å²) in [6, 6.07) is 18.4. The second kappa shape index (κ2) is 7.72. The zero-order valence-electron chi connectivity index (χ0n) is 13.8. The van der Waals surface area contributed by atoms with Gasteiger partial charge in [0.1, 0.15) is 10.3 Å². The first-order valence-corrected chi connectivity index (χ1v) is 9.36. The molecule has 0 aliphatic heterocycles. The lowest BCUT2D eigenvalue weighted by Gasteiger charge is -2.39. The third-order valence-corrected chi connectivity index (χ3v) is 6.00. The molecule has 1 aliphatic carbocycles. The molecular weight excluding hydrogens is 355 g/mol. The highest BCUT2D eigenvalue weighted by Crippen LogP contribution is 2.46. The zero-order chi connectivity index (χ0) is 17.9. The van der Waals surface area contributed by atoms with Gasteiger partial charge in [-0.3, -0.25) is 9.59 Å². The molecule has 25 heavy (non-hydrogen) atoms. The first-order valence-electron chi connectivity index (χ1n) is 8.54. The highest BCUT2D eigenvalue weighted by molar-refractivity contribution is 6.40. The highest BCUT2D eigenvalue weighted by atomic mass is 35.5. The first-order chi connectivity index (χ1) is 12.0. The Labute approximate surface area is 158 Å². The minimum absolute atomic E-state index is 0.0132. The van der Waals surface area contributed by atoms with E-state index in [0.29, 0.717) is 18.4 Å². The number of alkyl halides is 2. The maximum absolute atomic E-state index is 12.9. The molecule has 2 aromatic carbocycles. The quantitative estimate of drug-likeness (QED) is 0.519. The number of Topliss-reactive ketones (excluding diaryl/α,β-unsaturated/α-hetero) is 2. The van der Waals surface area contributed by atoms with E-state index in [1.165, 1.54) is 0 Å². The van der Waals surface area contributed by atoms with Gasteiger partial charge in [-0.15, -0.1) is 23.2 Å². The van der Waals surface area contributed by atoms with Crippen molar-refractivity contribution in [2.24, 2.45) is 0 Å². The number of rotatable bonds is 5. The number of ketones is 2. The Morgan fingerprint density at radius 1 is 0.960 bits per heavy atom. The maximum atomic E-state index is 12.9. The summed E-state index contributed by atoms with van der Waals surface area (Å²) in [6.45, 7) is 0. The van der Waals surface area contributed by atoms with Crippen molar-refractivity contribution in [3.63, 3.8) is 0 Å². The summed E-state index contributed by atoms with van der Waals surface area (Å²) >= 11 is 13.5. The van der Waals surface area contributed by atoms with E-state index in [1.807, 2.05) is 36.4 Å². The average Bonchev–Trinajstić information content (AvgIpc) is 2.65. The zero-order valence-corrected chi connectivity index (χ0v) is 15.3. The van der Waals surface area contributed by atoms with Gasteiger partial charge < -0.3 is 0 Å². The summed E-state index contributed by atoms with van der Waals surface area (Å²) in [5.74, 6) is -0.771. The molecular formula is C21H20Cl2O2. The molecule has 3 unspecified atom stereocenters. The van der Waals surface area contributed by atoms with Crippen molar-refractivity contribution < 1.29 is 9.59 Å². The number of hydrogen-bond acceptors (Lipinski definition) is 2. The Morgan fingerprint density at radius 3 is 2.16 bits per heavy atom. The van der Waals surface area contributed by atoms with Crippen LogP contribution in [0.15, 0.2) is 60.7 Å². The van der Waals surface area contributed by atoms with E-state index in [9.17, 15) is 9.59 Å². The molecule has 0 spiro atoms. The molecule has 1 saturated carbocycles. The fourth-order valence-electron chi connectivity index (χ4n) is 3.58. The van der Waals surface area contributed by atoms with Crippen LogP contribution in [0.4, 0.5) is 0 Å². The molecule has 0 radical (unpaired) electrons. The topological polar surface area (TPSA) is 34.1 Å². The molecule has 0 amide bonds. The Kier molecular flexibility index (Phi) is 5.61. The van der Waals surface area contributed by atoms with Crippen molar-refractivity contribution in [1.29, 1.82) is 0 Å². The van der Waals surface area contributed by atoms with Crippen LogP contribution in [0.25, 0.3) is 0 Å². The van der Waals surface area contributed by atoms with Crippen LogP contribution in [-0.2, 0) is 4.79 Å². The summed E-state index contributed by atoms with van der Waals surface area (Å²) in [5, 5.41) is -0.899. The molecule has 4 heteroatoms. The summed E-state index contributed by atoms with van der Waals surface area (Å²) in [6.07, 6.45) is 2.68. The second-order valence-electron chi connectivity index (χ2n) is 6.51. The molecule has 0 heterocycles. The minimum Gasteiger partial charge on any atom is -0.298 e. The predicted octanol–water partition coefficient (Wildman–Crippen LogP) is 5.38. The third-order valence-electron chi connectivity index (χ3n) is 4.91. The van der Waals surface area contributed by atoms with Crippen LogP contribution in [0.3, 0.4) is 0 Å². The first kappa shape index (κ1) is 18.2. The van der Waals surface area contributed by atoms with Crippen LogP contribution < -0.4 is 0 Å². The fourth-order valence-corrected chi connectivity index (χ4v) is 4.61. The lowest BCUT2D eigenvalue weighted by Crippen LogP contribution is -2.46. The number of hydrogen-bond donors (Lipinski definition) is 0. The SMILES string of the molecule is O=C(c1ccccc1)C(Cl)C(c1ccccc1)C1(Cl)CCCCC1=O. The highest BCUT2D eigenvalue weighted by Gasteiger charge is 2.50. The number of carbonyl (C=O) groups excluding carboxylic acids is 2. The molecule has 2 aromatic rings. The van der Waals surface area contributed by atoms with E-state index < -0.39 is 16.2 Å². The predicted molar refractivity (Wildman–Crippen MR) is 102 cm³/mol. The molecule has 0 bridgehead atoms. The van der Waals surface area contributed by atoms with Gasteiger partial charge in [0.15, 0.2) is 11.6 Å². The molecule has 0 N–H and O–H groups in total. The lowest BCUT2D eigenvalue weighted by atomic mass is 9.72. The van der Waals surface area contributed by atoms with Crippen LogP contribution in [0.2, 0.25) is 0 Å². The number of halogens is 2. The van der Waals surface area contributed by atoms with E-state index in [-0.39, 0.29) is 11.6 Å². The van der Waals surface area contributed by atoms with Gasteiger partial charge in [0.2, 0.25) is 0 Å². The molecule has 1 aliphatic rings. The van der Waals surface area contributed by atoms with Crippen LogP contribution >= 0.6 is 23.2 Å². The summed E-state index contributed by atoms with van der Waals surface area (Å²) < 4.78 is 0. The average molecular weight is 375 g/mol. The molecule has 1 fully saturated rings. The third kappa shape index (κ3) is 3.65. The van der Waals surface area contributed by atoms with E-state index in [4.69, 9.17) is 23.2 Å². The van der Waals surface area contributed by atoms with Crippen molar-refractivity contribution in [3.8, 4) is 0 Å². The van der Waals surface area contributed by atoms with Crippen molar-refractivity contribution >= 4 is 34.8 Å². The summed E-state index contributed by atoms with van der Waals surface area (Å²) in [7, 11) is 0. The second-order valence-corrected chi connectivity index (χ2v) is 7.66. The van der Waals surface area contributed by atoms with Crippen molar-refractivity contribution in [2.75, 3.05) is 0 Å². The lowest BCUT2D eigenvalue weighted by molar-refractivity contribution is -0.123. The van der Waals surface area contributed by atoms with Gasteiger partial charge in [0, 0.05) is 17.9 Å². The van der Waals surface area contributed by atoms with Gasteiger partial charge >= 0.3 is 0 Å². The largest absolute Gasteiger partial charge is 0.298 e. The Hall–Kier alpha value is -1.64.